The zero-order valence-electron chi connectivity index (χ0n) is 22.3. The first-order valence-electron chi connectivity index (χ1n) is 13.6. The first-order valence-corrected chi connectivity index (χ1v) is 13.6. The van der Waals surface area contributed by atoms with E-state index in [2.05, 4.69) is 6.92 Å². The van der Waals surface area contributed by atoms with E-state index in [1.54, 1.807) is 18.2 Å². The van der Waals surface area contributed by atoms with Crippen molar-refractivity contribution in [2.24, 2.45) is 0 Å². The molecule has 0 amide bonds. The van der Waals surface area contributed by atoms with Crippen LogP contribution in [0.1, 0.15) is 49.3 Å². The van der Waals surface area contributed by atoms with Crippen molar-refractivity contribution in [3.05, 3.63) is 77.1 Å². The maximum Gasteiger partial charge on any atom is 0.422 e. The van der Waals surface area contributed by atoms with Crippen molar-refractivity contribution in [1.82, 2.24) is 0 Å². The third kappa shape index (κ3) is 9.19. The molecule has 1 saturated heterocycles. The summed E-state index contributed by atoms with van der Waals surface area (Å²) in [5.74, 6) is -0.0884. The molecule has 4 rings (SSSR count). The Balaban J connectivity index is 1.25. The molecule has 39 heavy (non-hydrogen) atoms. The summed E-state index contributed by atoms with van der Waals surface area (Å²) in [6.07, 6.45) is 1.25. The Bertz CT molecular complexity index is 1170. The van der Waals surface area contributed by atoms with Gasteiger partial charge in [0.2, 0.25) is 0 Å². The highest BCUT2D eigenvalue weighted by Gasteiger charge is 2.28. The van der Waals surface area contributed by atoms with Crippen LogP contribution in [0.15, 0.2) is 54.6 Å². The quantitative estimate of drug-likeness (QED) is 0.163. The van der Waals surface area contributed by atoms with Crippen LogP contribution in [-0.4, -0.2) is 45.0 Å². The first-order chi connectivity index (χ1) is 18.8. The van der Waals surface area contributed by atoms with Crippen LogP contribution in [0.4, 0.5) is 17.6 Å². The van der Waals surface area contributed by atoms with Crippen LogP contribution < -0.4 is 4.74 Å². The highest BCUT2D eigenvalue weighted by molar-refractivity contribution is 5.84. The summed E-state index contributed by atoms with van der Waals surface area (Å²) in [4.78, 5) is 0. The van der Waals surface area contributed by atoms with Gasteiger partial charge in [0.1, 0.15) is 17.7 Å². The standard InChI is InChI=1S/C31H36F4O4/c1-2-3-4-17-36-27-19-37-29(38-20-27)16-9-23-8-15-28-25(18-23)12-11-24(30(28)32)10-5-22-6-13-26(14-7-22)39-21-31(33,34)35/h6-8,11-15,18,27,29H,2-5,9-10,16-17,19-21H2,1H3. The van der Waals surface area contributed by atoms with E-state index in [0.29, 0.717) is 43.4 Å². The minimum Gasteiger partial charge on any atom is -0.484 e. The van der Waals surface area contributed by atoms with Gasteiger partial charge in [0.15, 0.2) is 12.9 Å². The second-order valence-electron chi connectivity index (χ2n) is 9.98. The predicted molar refractivity (Wildman–Crippen MR) is 143 cm³/mol. The van der Waals surface area contributed by atoms with Gasteiger partial charge in [-0.1, -0.05) is 62.2 Å². The summed E-state index contributed by atoms with van der Waals surface area (Å²) in [5, 5.41) is 1.41. The van der Waals surface area contributed by atoms with Crippen molar-refractivity contribution in [3.8, 4) is 5.75 Å². The lowest BCUT2D eigenvalue weighted by atomic mass is 9.98. The maximum atomic E-state index is 15.2. The van der Waals surface area contributed by atoms with Crippen LogP contribution >= 0.6 is 0 Å². The van der Waals surface area contributed by atoms with Gasteiger partial charge in [-0.25, -0.2) is 4.39 Å². The van der Waals surface area contributed by atoms with E-state index in [4.69, 9.17) is 18.9 Å². The molecule has 3 aromatic carbocycles. The van der Waals surface area contributed by atoms with Gasteiger partial charge >= 0.3 is 6.18 Å². The van der Waals surface area contributed by atoms with Crippen LogP contribution in [-0.2, 0) is 33.5 Å². The second-order valence-corrected chi connectivity index (χ2v) is 9.98. The SMILES string of the molecule is CCCCCOC1COC(CCc2ccc3c(F)c(CCc4ccc(OCC(F)(F)F)cc4)ccc3c2)OC1. The van der Waals surface area contributed by atoms with E-state index in [-0.39, 0.29) is 24.0 Å². The summed E-state index contributed by atoms with van der Waals surface area (Å²) < 4.78 is 74.4. The van der Waals surface area contributed by atoms with Gasteiger partial charge in [0.05, 0.1) is 13.2 Å². The fourth-order valence-electron chi connectivity index (χ4n) is 4.61. The topological polar surface area (TPSA) is 36.9 Å². The van der Waals surface area contributed by atoms with Crippen LogP contribution in [0.5, 0.6) is 5.75 Å². The van der Waals surface area contributed by atoms with Crippen LogP contribution in [0, 0.1) is 5.82 Å². The van der Waals surface area contributed by atoms with Gasteiger partial charge in [-0.2, -0.15) is 13.2 Å². The molecule has 8 heteroatoms. The van der Waals surface area contributed by atoms with Gasteiger partial charge in [0, 0.05) is 18.4 Å². The van der Waals surface area contributed by atoms with Crippen molar-refractivity contribution < 1.29 is 36.5 Å². The van der Waals surface area contributed by atoms with Crippen LogP contribution in [0.2, 0.25) is 0 Å². The number of rotatable bonds is 13. The van der Waals surface area contributed by atoms with Crippen molar-refractivity contribution >= 4 is 10.8 Å². The summed E-state index contributed by atoms with van der Waals surface area (Å²) in [6.45, 7) is 2.66. The lowest BCUT2D eigenvalue weighted by Crippen LogP contribution is -2.37. The predicted octanol–water partition coefficient (Wildman–Crippen LogP) is 7.59. The van der Waals surface area contributed by atoms with Gasteiger partial charge in [-0.3, -0.25) is 0 Å². The summed E-state index contributed by atoms with van der Waals surface area (Å²) >= 11 is 0. The fourth-order valence-corrected chi connectivity index (χ4v) is 4.61. The number of halogens is 4. The molecule has 0 radical (unpaired) electrons. The Morgan fingerprint density at radius 3 is 2.33 bits per heavy atom. The monoisotopic (exact) mass is 548 g/mol. The number of alkyl halides is 3. The van der Waals surface area contributed by atoms with Crippen molar-refractivity contribution in [2.45, 2.75) is 70.4 Å². The lowest BCUT2D eigenvalue weighted by Gasteiger charge is -2.29. The van der Waals surface area contributed by atoms with E-state index < -0.39 is 12.8 Å². The second kappa shape index (κ2) is 14.1. The van der Waals surface area contributed by atoms with Crippen molar-refractivity contribution in [1.29, 1.82) is 0 Å². The number of hydrogen-bond acceptors (Lipinski definition) is 4. The highest BCUT2D eigenvalue weighted by atomic mass is 19.4. The molecule has 0 aliphatic carbocycles. The molecule has 4 nitrogen and oxygen atoms in total. The smallest absolute Gasteiger partial charge is 0.422 e. The molecule has 0 unspecified atom stereocenters. The number of fused-ring (bicyclic) bond motifs is 1. The molecule has 0 spiro atoms. The summed E-state index contributed by atoms with van der Waals surface area (Å²) in [5.41, 5.74) is 2.58. The van der Waals surface area contributed by atoms with Crippen molar-refractivity contribution in [3.63, 3.8) is 0 Å². The molecule has 0 atom stereocenters. The first kappa shape index (κ1) is 29.3. The average Bonchev–Trinajstić information content (AvgIpc) is 2.93. The third-order valence-electron chi connectivity index (χ3n) is 6.81. The minimum atomic E-state index is -4.38. The van der Waals surface area contributed by atoms with Crippen LogP contribution in [0.3, 0.4) is 0 Å². The van der Waals surface area contributed by atoms with Crippen LogP contribution in [0.25, 0.3) is 10.8 Å². The zero-order valence-corrected chi connectivity index (χ0v) is 22.3. The molecule has 0 saturated carbocycles. The minimum absolute atomic E-state index is 0.00686. The Labute approximate surface area is 227 Å². The largest absolute Gasteiger partial charge is 0.484 e. The number of benzene rings is 3. The van der Waals surface area contributed by atoms with Gasteiger partial charge in [-0.15, -0.1) is 0 Å². The number of hydrogen-bond donors (Lipinski definition) is 0. The van der Waals surface area contributed by atoms with Gasteiger partial charge < -0.3 is 18.9 Å². The summed E-state index contributed by atoms with van der Waals surface area (Å²) in [7, 11) is 0. The lowest BCUT2D eigenvalue weighted by molar-refractivity contribution is -0.227. The maximum absolute atomic E-state index is 15.2. The van der Waals surface area contributed by atoms with E-state index in [0.717, 1.165) is 42.4 Å². The number of aryl methyl sites for hydroxylation is 3. The highest BCUT2D eigenvalue weighted by Crippen LogP contribution is 2.25. The molecule has 0 aromatic heterocycles. The molecular weight excluding hydrogens is 512 g/mol. The van der Waals surface area contributed by atoms with Gasteiger partial charge in [0.25, 0.3) is 0 Å². The van der Waals surface area contributed by atoms with Gasteiger partial charge in [-0.05, 0) is 59.9 Å². The molecular formula is C31H36F4O4. The Morgan fingerprint density at radius 2 is 1.62 bits per heavy atom. The Kier molecular flexibility index (Phi) is 10.6. The molecule has 1 heterocycles. The summed E-state index contributed by atoms with van der Waals surface area (Å²) in [6, 6.07) is 15.9. The van der Waals surface area contributed by atoms with E-state index >= 15 is 4.39 Å². The molecule has 3 aromatic rings. The molecule has 1 fully saturated rings. The van der Waals surface area contributed by atoms with E-state index in [1.807, 2.05) is 24.3 Å². The molecule has 0 bridgehead atoms. The van der Waals surface area contributed by atoms with Crippen molar-refractivity contribution in [2.75, 3.05) is 26.4 Å². The normalized spacial score (nSPS) is 18.0. The zero-order chi connectivity index (χ0) is 27.7. The number of ether oxygens (including phenoxy) is 4. The molecule has 1 aliphatic heterocycles. The van der Waals surface area contributed by atoms with E-state index in [9.17, 15) is 13.2 Å². The fraction of sp³-hybridized carbons (Fsp3) is 0.484. The third-order valence-corrected chi connectivity index (χ3v) is 6.81. The molecule has 1 aliphatic rings. The molecule has 212 valence electrons. The number of unbranched alkanes of at least 4 members (excludes halogenated alkanes) is 2. The Hall–Kier alpha value is -2.68. The Morgan fingerprint density at radius 1 is 0.872 bits per heavy atom. The average molecular weight is 549 g/mol. The van der Waals surface area contributed by atoms with E-state index in [1.165, 1.54) is 18.6 Å². The molecule has 0 N–H and O–H groups in total.